The molecule has 0 aliphatic heterocycles. The van der Waals surface area contributed by atoms with Gasteiger partial charge in [-0.25, -0.2) is 9.50 Å². The van der Waals surface area contributed by atoms with Crippen LogP contribution in [0.25, 0.3) is 5.65 Å². The van der Waals surface area contributed by atoms with Crippen LogP contribution in [0, 0.1) is 0 Å². The summed E-state index contributed by atoms with van der Waals surface area (Å²) in [5.41, 5.74) is 2.70. The van der Waals surface area contributed by atoms with Crippen molar-refractivity contribution in [3.8, 4) is 0 Å². The summed E-state index contributed by atoms with van der Waals surface area (Å²) in [4.78, 5) is 17.1. The lowest BCUT2D eigenvalue weighted by molar-refractivity contribution is 0.0926. The Labute approximate surface area is 161 Å². The Morgan fingerprint density at radius 2 is 2.07 bits per heavy atom. The van der Waals surface area contributed by atoms with Crippen molar-refractivity contribution in [3.05, 3.63) is 84.1 Å². The van der Waals surface area contributed by atoms with E-state index in [0.717, 1.165) is 11.1 Å². The molecule has 0 bridgehead atoms. The number of benzene rings is 1. The number of carbonyl (C=O) groups is 1. The van der Waals surface area contributed by atoms with E-state index in [1.807, 2.05) is 42.6 Å². The van der Waals surface area contributed by atoms with Crippen LogP contribution in [0.4, 0.5) is 0 Å². The third-order valence-electron chi connectivity index (χ3n) is 4.44. The third kappa shape index (κ3) is 3.91. The highest BCUT2D eigenvalue weighted by atomic mass is 16.3. The molecule has 0 spiro atoms. The van der Waals surface area contributed by atoms with Crippen LogP contribution in [0.2, 0.25) is 0 Å². The van der Waals surface area contributed by atoms with Gasteiger partial charge in [0.2, 0.25) is 0 Å². The molecule has 4 aromatic rings. The molecule has 0 fully saturated rings. The minimum Gasteiger partial charge on any atom is -0.396 e. The molecule has 0 aliphatic carbocycles. The predicted octanol–water partition coefficient (Wildman–Crippen LogP) is 1.63. The van der Waals surface area contributed by atoms with Crippen LogP contribution in [-0.2, 0) is 13.0 Å². The zero-order chi connectivity index (χ0) is 19.3. The number of fused-ring (bicyclic) bond motifs is 1. The van der Waals surface area contributed by atoms with Crippen molar-refractivity contribution in [3.63, 3.8) is 0 Å². The largest absolute Gasteiger partial charge is 0.396 e. The second-order valence-corrected chi connectivity index (χ2v) is 6.43. The molecule has 1 amide bonds. The topological polar surface area (TPSA) is 97.3 Å². The maximum absolute atomic E-state index is 12.9. The summed E-state index contributed by atoms with van der Waals surface area (Å²) in [6, 6.07) is 13.0. The summed E-state index contributed by atoms with van der Waals surface area (Å²) in [6.45, 7) is 0.545. The molecule has 0 aliphatic rings. The molecule has 3 aromatic heterocycles. The standard InChI is InChI=1S/C20H20N6O2/c27-10-7-15-12-21-19-11-17(24-26(19)13-15)20(28)23-18(14-25-9-4-8-22-25)16-5-2-1-3-6-16/h1-6,8-9,11-13,18,27H,7,10,14H2,(H,23,28). The number of nitrogens with one attached hydrogen (secondary N) is 1. The Kier molecular flexibility index (Phi) is 5.11. The number of hydrogen-bond acceptors (Lipinski definition) is 5. The van der Waals surface area contributed by atoms with Gasteiger partial charge in [-0.2, -0.15) is 10.2 Å². The van der Waals surface area contributed by atoms with Crippen LogP contribution in [0.3, 0.4) is 0 Å². The third-order valence-corrected chi connectivity index (χ3v) is 4.44. The van der Waals surface area contributed by atoms with Gasteiger partial charge in [0.05, 0.1) is 12.6 Å². The quantitative estimate of drug-likeness (QED) is 0.511. The first kappa shape index (κ1) is 17.9. The summed E-state index contributed by atoms with van der Waals surface area (Å²) in [6.07, 6.45) is 7.51. The normalized spacial score (nSPS) is 12.2. The van der Waals surface area contributed by atoms with E-state index in [-0.39, 0.29) is 24.2 Å². The highest BCUT2D eigenvalue weighted by Crippen LogP contribution is 2.16. The van der Waals surface area contributed by atoms with E-state index >= 15 is 0 Å². The minimum atomic E-state index is -0.282. The Morgan fingerprint density at radius 3 is 2.82 bits per heavy atom. The van der Waals surface area contributed by atoms with E-state index in [0.29, 0.717) is 18.6 Å². The molecular weight excluding hydrogens is 356 g/mol. The summed E-state index contributed by atoms with van der Waals surface area (Å²) in [7, 11) is 0. The molecule has 142 valence electrons. The lowest BCUT2D eigenvalue weighted by Gasteiger charge is -2.18. The average Bonchev–Trinajstić information content (AvgIpc) is 3.37. The van der Waals surface area contributed by atoms with Crippen molar-refractivity contribution in [2.75, 3.05) is 6.61 Å². The molecule has 1 aromatic carbocycles. The molecule has 8 nitrogen and oxygen atoms in total. The number of rotatable bonds is 7. The smallest absolute Gasteiger partial charge is 0.272 e. The molecular formula is C20H20N6O2. The van der Waals surface area contributed by atoms with E-state index < -0.39 is 0 Å². The zero-order valence-corrected chi connectivity index (χ0v) is 15.1. The van der Waals surface area contributed by atoms with E-state index in [9.17, 15) is 4.79 Å². The molecule has 4 rings (SSSR count). The van der Waals surface area contributed by atoms with Gasteiger partial charge in [-0.3, -0.25) is 9.48 Å². The Bertz CT molecular complexity index is 1060. The summed E-state index contributed by atoms with van der Waals surface area (Å²) < 4.78 is 3.34. The fraction of sp³-hybridized carbons (Fsp3) is 0.200. The molecule has 2 N–H and O–H groups in total. The van der Waals surface area contributed by atoms with E-state index in [4.69, 9.17) is 5.11 Å². The minimum absolute atomic E-state index is 0.0357. The molecule has 1 unspecified atom stereocenters. The maximum Gasteiger partial charge on any atom is 0.272 e. The summed E-state index contributed by atoms with van der Waals surface area (Å²) in [5, 5.41) is 20.7. The van der Waals surface area contributed by atoms with Gasteiger partial charge in [-0.05, 0) is 23.6 Å². The number of aromatic nitrogens is 5. The fourth-order valence-corrected chi connectivity index (χ4v) is 3.03. The number of carbonyl (C=O) groups excluding carboxylic acids is 1. The maximum atomic E-state index is 12.9. The first-order chi connectivity index (χ1) is 13.7. The Hall–Kier alpha value is -3.52. The second-order valence-electron chi connectivity index (χ2n) is 6.43. The summed E-state index contributed by atoms with van der Waals surface area (Å²) in [5.74, 6) is -0.282. The predicted molar refractivity (Wildman–Crippen MR) is 103 cm³/mol. The highest BCUT2D eigenvalue weighted by Gasteiger charge is 2.19. The van der Waals surface area contributed by atoms with Gasteiger partial charge in [0.1, 0.15) is 0 Å². The second kappa shape index (κ2) is 8.01. The van der Waals surface area contributed by atoms with Crippen molar-refractivity contribution in [2.45, 2.75) is 19.0 Å². The van der Waals surface area contributed by atoms with E-state index in [2.05, 4.69) is 20.5 Å². The van der Waals surface area contributed by atoms with Gasteiger partial charge in [0.15, 0.2) is 11.3 Å². The number of aliphatic hydroxyl groups is 1. The zero-order valence-electron chi connectivity index (χ0n) is 15.1. The summed E-state index contributed by atoms with van der Waals surface area (Å²) >= 11 is 0. The highest BCUT2D eigenvalue weighted by molar-refractivity contribution is 5.93. The van der Waals surface area contributed by atoms with Crippen molar-refractivity contribution < 1.29 is 9.90 Å². The number of nitrogens with zero attached hydrogens (tertiary/aromatic N) is 5. The molecule has 3 heterocycles. The van der Waals surface area contributed by atoms with Crippen LogP contribution in [0.1, 0.15) is 27.7 Å². The van der Waals surface area contributed by atoms with Crippen LogP contribution >= 0.6 is 0 Å². The first-order valence-corrected chi connectivity index (χ1v) is 9.01. The lowest BCUT2D eigenvalue weighted by atomic mass is 10.1. The fourth-order valence-electron chi connectivity index (χ4n) is 3.03. The van der Waals surface area contributed by atoms with E-state index in [1.54, 1.807) is 33.9 Å². The number of hydrogen-bond donors (Lipinski definition) is 2. The molecule has 0 radical (unpaired) electrons. The number of amides is 1. The van der Waals surface area contributed by atoms with Gasteiger partial charge in [0.25, 0.3) is 5.91 Å². The molecule has 28 heavy (non-hydrogen) atoms. The lowest BCUT2D eigenvalue weighted by Crippen LogP contribution is -2.32. The van der Waals surface area contributed by atoms with Crippen molar-refractivity contribution in [1.82, 2.24) is 29.7 Å². The van der Waals surface area contributed by atoms with Gasteiger partial charge in [0, 0.05) is 37.5 Å². The van der Waals surface area contributed by atoms with Crippen LogP contribution < -0.4 is 5.32 Å². The molecule has 0 saturated heterocycles. The monoisotopic (exact) mass is 376 g/mol. The van der Waals surface area contributed by atoms with Gasteiger partial charge < -0.3 is 10.4 Å². The van der Waals surface area contributed by atoms with Crippen molar-refractivity contribution >= 4 is 11.6 Å². The Balaban J connectivity index is 1.57. The van der Waals surface area contributed by atoms with Crippen molar-refractivity contribution in [1.29, 1.82) is 0 Å². The average molecular weight is 376 g/mol. The van der Waals surface area contributed by atoms with Crippen LogP contribution in [0.15, 0.2) is 67.3 Å². The van der Waals surface area contributed by atoms with Crippen LogP contribution in [-0.4, -0.2) is 42.0 Å². The van der Waals surface area contributed by atoms with Gasteiger partial charge in [-0.1, -0.05) is 30.3 Å². The molecule has 8 heteroatoms. The van der Waals surface area contributed by atoms with Gasteiger partial charge >= 0.3 is 0 Å². The van der Waals surface area contributed by atoms with E-state index in [1.165, 1.54) is 0 Å². The number of aliphatic hydroxyl groups excluding tert-OH is 1. The van der Waals surface area contributed by atoms with Crippen LogP contribution in [0.5, 0.6) is 0 Å². The SMILES string of the molecule is O=C(NC(Cn1cccn1)c1ccccc1)c1cc2ncc(CCO)cn2n1. The Morgan fingerprint density at radius 1 is 1.21 bits per heavy atom. The van der Waals surface area contributed by atoms with Gasteiger partial charge in [-0.15, -0.1) is 0 Å². The van der Waals surface area contributed by atoms with Crippen molar-refractivity contribution in [2.24, 2.45) is 0 Å². The molecule has 1 atom stereocenters. The molecule has 0 saturated carbocycles. The first-order valence-electron chi connectivity index (χ1n) is 9.01.